The Morgan fingerprint density at radius 3 is 2.76 bits per heavy atom. The van der Waals surface area contributed by atoms with Crippen LogP contribution in [-0.4, -0.2) is 45.8 Å². The SMILES string of the molecule is CC1(C)C(=O)Nc2nc(-c3nn(Cc4cncnc4)c4ncc(F)cc34)nnc21. The van der Waals surface area contributed by atoms with Gasteiger partial charge in [-0.3, -0.25) is 4.79 Å². The Morgan fingerprint density at radius 1 is 1.17 bits per heavy atom. The van der Waals surface area contributed by atoms with Gasteiger partial charge in [-0.1, -0.05) is 0 Å². The lowest BCUT2D eigenvalue weighted by atomic mass is 9.91. The Labute approximate surface area is 163 Å². The van der Waals surface area contributed by atoms with E-state index in [1.807, 2.05) is 0 Å². The highest BCUT2D eigenvalue weighted by Crippen LogP contribution is 2.35. The highest BCUT2D eigenvalue weighted by molar-refractivity contribution is 6.04. The molecule has 0 atom stereocenters. The molecule has 0 radical (unpaired) electrons. The molecule has 4 aromatic heterocycles. The minimum Gasteiger partial charge on any atom is -0.308 e. The van der Waals surface area contributed by atoms with Crippen molar-refractivity contribution in [2.24, 2.45) is 0 Å². The van der Waals surface area contributed by atoms with Crippen molar-refractivity contribution in [3.63, 3.8) is 0 Å². The summed E-state index contributed by atoms with van der Waals surface area (Å²) in [6.45, 7) is 3.82. The van der Waals surface area contributed by atoms with Crippen molar-refractivity contribution in [2.75, 3.05) is 5.32 Å². The minimum absolute atomic E-state index is 0.169. The molecule has 1 N–H and O–H groups in total. The molecule has 0 saturated carbocycles. The van der Waals surface area contributed by atoms with Gasteiger partial charge in [0.05, 0.1) is 23.5 Å². The van der Waals surface area contributed by atoms with E-state index in [1.165, 1.54) is 12.4 Å². The molecule has 11 heteroatoms. The topological polar surface area (TPSA) is 124 Å². The molecule has 5 rings (SSSR count). The van der Waals surface area contributed by atoms with Crippen molar-refractivity contribution in [3.8, 4) is 11.5 Å². The second-order valence-electron chi connectivity index (χ2n) is 7.19. The average molecular weight is 391 g/mol. The maximum absolute atomic E-state index is 13.9. The molecule has 0 fully saturated rings. The van der Waals surface area contributed by atoms with E-state index in [-0.39, 0.29) is 11.7 Å². The fourth-order valence-electron chi connectivity index (χ4n) is 3.20. The van der Waals surface area contributed by atoms with E-state index in [0.717, 1.165) is 11.8 Å². The number of carbonyl (C=O) groups is 1. The summed E-state index contributed by atoms with van der Waals surface area (Å²) in [4.78, 5) is 28.7. The third-order valence-electron chi connectivity index (χ3n) is 4.79. The molecule has 0 bridgehead atoms. The molecule has 1 aliphatic rings. The first kappa shape index (κ1) is 17.2. The van der Waals surface area contributed by atoms with Crippen LogP contribution in [-0.2, 0) is 16.8 Å². The molecule has 10 nitrogen and oxygen atoms in total. The zero-order valence-electron chi connectivity index (χ0n) is 15.5. The maximum Gasteiger partial charge on any atom is 0.237 e. The number of nitrogens with zero attached hydrogens (tertiary/aromatic N) is 8. The van der Waals surface area contributed by atoms with Crippen molar-refractivity contribution in [1.29, 1.82) is 0 Å². The number of hydrogen-bond donors (Lipinski definition) is 1. The van der Waals surface area contributed by atoms with Crippen LogP contribution < -0.4 is 5.32 Å². The summed E-state index contributed by atoms with van der Waals surface area (Å²) >= 11 is 0. The van der Waals surface area contributed by atoms with Crippen molar-refractivity contribution in [1.82, 2.24) is 39.9 Å². The number of carbonyl (C=O) groups excluding carboxylic acids is 1. The predicted molar refractivity (Wildman–Crippen MR) is 99.1 cm³/mol. The van der Waals surface area contributed by atoms with Gasteiger partial charge in [-0.25, -0.2) is 29.0 Å². The number of hydrogen-bond acceptors (Lipinski definition) is 8. The van der Waals surface area contributed by atoms with Gasteiger partial charge in [-0.05, 0) is 19.9 Å². The van der Waals surface area contributed by atoms with Gasteiger partial charge in [-0.15, -0.1) is 10.2 Å². The summed E-state index contributed by atoms with van der Waals surface area (Å²) < 4.78 is 15.5. The Hall–Kier alpha value is -3.89. The Morgan fingerprint density at radius 2 is 1.97 bits per heavy atom. The van der Waals surface area contributed by atoms with Crippen LogP contribution in [0.2, 0.25) is 0 Å². The summed E-state index contributed by atoms with van der Waals surface area (Å²) in [7, 11) is 0. The van der Waals surface area contributed by atoms with E-state index in [9.17, 15) is 9.18 Å². The van der Waals surface area contributed by atoms with Crippen LogP contribution in [0, 0.1) is 5.82 Å². The highest BCUT2D eigenvalue weighted by Gasteiger charge is 2.42. The van der Waals surface area contributed by atoms with Crippen LogP contribution in [0.1, 0.15) is 25.1 Å². The Kier molecular flexibility index (Phi) is 3.60. The quantitative estimate of drug-likeness (QED) is 0.557. The Bertz CT molecular complexity index is 1270. The molecule has 0 unspecified atom stereocenters. The van der Waals surface area contributed by atoms with Gasteiger partial charge in [0.1, 0.15) is 23.5 Å². The van der Waals surface area contributed by atoms with Gasteiger partial charge in [0.2, 0.25) is 11.7 Å². The van der Waals surface area contributed by atoms with Crippen molar-refractivity contribution in [3.05, 3.63) is 48.1 Å². The first-order valence-electron chi connectivity index (χ1n) is 8.76. The van der Waals surface area contributed by atoms with Gasteiger partial charge in [0.15, 0.2) is 11.5 Å². The van der Waals surface area contributed by atoms with Gasteiger partial charge in [0, 0.05) is 18.0 Å². The van der Waals surface area contributed by atoms with E-state index in [0.29, 0.717) is 34.8 Å². The largest absolute Gasteiger partial charge is 0.308 e. The van der Waals surface area contributed by atoms with E-state index in [2.05, 4.69) is 40.5 Å². The van der Waals surface area contributed by atoms with Gasteiger partial charge < -0.3 is 5.32 Å². The second-order valence-corrected chi connectivity index (χ2v) is 7.19. The fraction of sp³-hybridized carbons (Fsp3) is 0.222. The number of fused-ring (bicyclic) bond motifs is 2. The van der Waals surface area contributed by atoms with Gasteiger partial charge in [-0.2, -0.15) is 5.10 Å². The molecule has 144 valence electrons. The van der Waals surface area contributed by atoms with E-state index in [4.69, 9.17) is 0 Å². The first-order valence-corrected chi connectivity index (χ1v) is 8.76. The third-order valence-corrected chi connectivity index (χ3v) is 4.79. The van der Waals surface area contributed by atoms with E-state index < -0.39 is 11.2 Å². The van der Waals surface area contributed by atoms with Crippen LogP contribution >= 0.6 is 0 Å². The molecule has 29 heavy (non-hydrogen) atoms. The number of halogens is 1. The summed E-state index contributed by atoms with van der Waals surface area (Å²) in [6, 6.07) is 1.32. The van der Waals surface area contributed by atoms with Crippen LogP contribution in [0.5, 0.6) is 0 Å². The molecule has 0 spiro atoms. The van der Waals surface area contributed by atoms with Crippen molar-refractivity contribution in [2.45, 2.75) is 25.8 Å². The lowest BCUT2D eigenvalue weighted by molar-refractivity contribution is -0.119. The first-order chi connectivity index (χ1) is 13.9. The molecule has 1 aliphatic heterocycles. The van der Waals surface area contributed by atoms with Crippen LogP contribution in [0.3, 0.4) is 0 Å². The standard InChI is InChI=1S/C18H14FN9O/c1-18(2)13-15(24-17(18)29)23-14(26-25-13)12-11-3-10(19)6-22-16(11)28(27-12)7-9-4-20-8-21-5-9/h3-6,8H,7H2,1-2H3,(H,23,24,26,29). The summed E-state index contributed by atoms with van der Waals surface area (Å²) in [5, 5.41) is 16.0. The number of aromatic nitrogens is 8. The lowest BCUT2D eigenvalue weighted by Crippen LogP contribution is -2.27. The molecule has 0 saturated heterocycles. The summed E-state index contributed by atoms with van der Waals surface area (Å²) in [6.07, 6.45) is 5.88. The molecule has 4 aromatic rings. The molecule has 0 aliphatic carbocycles. The number of anilines is 1. The monoisotopic (exact) mass is 391 g/mol. The van der Waals surface area contributed by atoms with Crippen LogP contribution in [0.25, 0.3) is 22.6 Å². The maximum atomic E-state index is 13.9. The highest BCUT2D eigenvalue weighted by atomic mass is 19.1. The zero-order valence-corrected chi connectivity index (χ0v) is 15.5. The Balaban J connectivity index is 1.65. The van der Waals surface area contributed by atoms with Crippen LogP contribution in [0.4, 0.5) is 10.2 Å². The second kappa shape index (κ2) is 6.06. The molecule has 1 amide bonds. The minimum atomic E-state index is -0.823. The van der Waals surface area contributed by atoms with Gasteiger partial charge in [0.25, 0.3) is 0 Å². The average Bonchev–Trinajstić information content (AvgIpc) is 3.16. The predicted octanol–water partition coefficient (Wildman–Crippen LogP) is 1.49. The number of rotatable bonds is 3. The zero-order chi connectivity index (χ0) is 20.2. The normalized spacial score (nSPS) is 14.8. The fourth-order valence-corrected chi connectivity index (χ4v) is 3.20. The van der Waals surface area contributed by atoms with Crippen LogP contribution in [0.15, 0.2) is 31.0 Å². The third kappa shape index (κ3) is 2.70. The number of nitrogens with one attached hydrogen (secondary N) is 1. The molecular formula is C18H14FN9O. The summed E-state index contributed by atoms with van der Waals surface area (Å²) in [5.41, 5.74) is 1.21. The number of amides is 1. The molecule has 5 heterocycles. The van der Waals surface area contributed by atoms with Gasteiger partial charge >= 0.3 is 0 Å². The molecule has 0 aromatic carbocycles. The van der Waals surface area contributed by atoms with Crippen molar-refractivity contribution < 1.29 is 9.18 Å². The van der Waals surface area contributed by atoms with E-state index in [1.54, 1.807) is 30.9 Å². The lowest BCUT2D eigenvalue weighted by Gasteiger charge is -2.11. The van der Waals surface area contributed by atoms with E-state index >= 15 is 0 Å². The summed E-state index contributed by atoms with van der Waals surface area (Å²) in [5.74, 6) is -0.223. The van der Waals surface area contributed by atoms with Crippen molar-refractivity contribution >= 4 is 22.8 Å². The number of pyridine rings is 1. The smallest absolute Gasteiger partial charge is 0.237 e. The molecular weight excluding hydrogens is 377 g/mol.